The highest BCUT2D eigenvalue weighted by atomic mass is 32.1. The standard InChI is InChI=1S/C23H22N4O4S/c1-14-17-12-20(32-23(17)27(2)26-14)22(29)25-16-8-6-7-15(11-16)24-21(28)13-31-19-10-5-4-9-18(19)30-3/h4-12H,13H2,1-3H3,(H,24,28)(H,25,29). The van der Waals surface area contributed by atoms with Gasteiger partial charge in [-0.1, -0.05) is 18.2 Å². The molecule has 0 atom stereocenters. The lowest BCUT2D eigenvalue weighted by molar-refractivity contribution is -0.118. The number of aromatic nitrogens is 2. The molecule has 8 nitrogen and oxygen atoms in total. The van der Waals surface area contributed by atoms with Gasteiger partial charge in [0.2, 0.25) is 0 Å². The molecular weight excluding hydrogens is 428 g/mol. The molecule has 0 spiro atoms. The van der Waals surface area contributed by atoms with Crippen LogP contribution in [0.5, 0.6) is 11.5 Å². The zero-order valence-electron chi connectivity index (χ0n) is 17.8. The minimum Gasteiger partial charge on any atom is -0.493 e. The Morgan fingerprint density at radius 3 is 2.47 bits per heavy atom. The van der Waals surface area contributed by atoms with Crippen molar-refractivity contribution in [3.05, 3.63) is 65.2 Å². The molecule has 2 aromatic heterocycles. The van der Waals surface area contributed by atoms with E-state index in [9.17, 15) is 9.59 Å². The molecule has 0 saturated carbocycles. The Labute approximate surface area is 188 Å². The van der Waals surface area contributed by atoms with Gasteiger partial charge in [0.05, 0.1) is 17.7 Å². The van der Waals surface area contributed by atoms with Gasteiger partial charge in [-0.15, -0.1) is 11.3 Å². The number of aryl methyl sites for hydroxylation is 2. The molecule has 4 aromatic rings. The third-order valence-electron chi connectivity index (χ3n) is 4.75. The van der Waals surface area contributed by atoms with E-state index in [1.807, 2.05) is 26.1 Å². The summed E-state index contributed by atoms with van der Waals surface area (Å²) in [5.41, 5.74) is 2.01. The average molecular weight is 451 g/mol. The first kappa shape index (κ1) is 21.4. The van der Waals surface area contributed by atoms with Crippen LogP contribution in [0.25, 0.3) is 10.2 Å². The molecule has 0 aliphatic heterocycles. The highest BCUT2D eigenvalue weighted by Gasteiger charge is 2.15. The van der Waals surface area contributed by atoms with Crippen molar-refractivity contribution in [1.82, 2.24) is 9.78 Å². The van der Waals surface area contributed by atoms with Crippen LogP contribution in [0.15, 0.2) is 54.6 Å². The van der Waals surface area contributed by atoms with Crippen LogP contribution in [0, 0.1) is 6.92 Å². The Kier molecular flexibility index (Phi) is 6.09. The van der Waals surface area contributed by atoms with Crippen molar-refractivity contribution in [3.8, 4) is 11.5 Å². The van der Waals surface area contributed by atoms with Gasteiger partial charge in [-0.2, -0.15) is 5.10 Å². The van der Waals surface area contributed by atoms with Gasteiger partial charge in [0.15, 0.2) is 18.1 Å². The number of para-hydroxylation sites is 2. The van der Waals surface area contributed by atoms with Crippen LogP contribution in [0.1, 0.15) is 15.4 Å². The van der Waals surface area contributed by atoms with Crippen LogP contribution < -0.4 is 20.1 Å². The Morgan fingerprint density at radius 2 is 1.75 bits per heavy atom. The molecule has 0 unspecified atom stereocenters. The molecule has 2 N–H and O–H groups in total. The number of nitrogens with zero attached hydrogens (tertiary/aromatic N) is 2. The Balaban J connectivity index is 1.38. The maximum Gasteiger partial charge on any atom is 0.265 e. The maximum atomic E-state index is 12.7. The number of methoxy groups -OCH3 is 1. The van der Waals surface area contributed by atoms with Crippen LogP contribution in [-0.4, -0.2) is 35.3 Å². The van der Waals surface area contributed by atoms with Crippen molar-refractivity contribution in [2.75, 3.05) is 24.4 Å². The van der Waals surface area contributed by atoms with Crippen molar-refractivity contribution in [3.63, 3.8) is 0 Å². The Bertz CT molecular complexity index is 1260. The average Bonchev–Trinajstić information content (AvgIpc) is 3.34. The van der Waals surface area contributed by atoms with Gasteiger partial charge >= 0.3 is 0 Å². The van der Waals surface area contributed by atoms with Gasteiger partial charge in [-0.25, -0.2) is 0 Å². The van der Waals surface area contributed by atoms with Crippen LogP contribution in [0.3, 0.4) is 0 Å². The summed E-state index contributed by atoms with van der Waals surface area (Å²) in [6.07, 6.45) is 0. The Hall–Kier alpha value is -3.85. The lowest BCUT2D eigenvalue weighted by Crippen LogP contribution is -2.20. The molecule has 0 radical (unpaired) electrons. The van der Waals surface area contributed by atoms with E-state index in [1.54, 1.807) is 54.3 Å². The summed E-state index contributed by atoms with van der Waals surface area (Å²) >= 11 is 1.39. The minimum atomic E-state index is -0.327. The molecule has 9 heteroatoms. The molecule has 0 bridgehead atoms. The van der Waals surface area contributed by atoms with E-state index < -0.39 is 0 Å². The number of benzene rings is 2. The fourth-order valence-electron chi connectivity index (χ4n) is 3.26. The first-order valence-electron chi connectivity index (χ1n) is 9.85. The summed E-state index contributed by atoms with van der Waals surface area (Å²) in [6, 6.07) is 15.9. The lowest BCUT2D eigenvalue weighted by atomic mass is 10.2. The molecule has 2 aromatic carbocycles. The van der Waals surface area contributed by atoms with Crippen LogP contribution in [0.4, 0.5) is 11.4 Å². The zero-order chi connectivity index (χ0) is 22.7. The van der Waals surface area contributed by atoms with E-state index in [2.05, 4.69) is 15.7 Å². The van der Waals surface area contributed by atoms with E-state index >= 15 is 0 Å². The van der Waals surface area contributed by atoms with E-state index in [1.165, 1.54) is 11.3 Å². The van der Waals surface area contributed by atoms with Gasteiger partial charge in [-0.05, 0) is 43.3 Å². The van der Waals surface area contributed by atoms with Crippen molar-refractivity contribution in [1.29, 1.82) is 0 Å². The number of amides is 2. The molecule has 4 rings (SSSR count). The smallest absolute Gasteiger partial charge is 0.265 e. The molecule has 0 aliphatic rings. The third kappa shape index (κ3) is 4.57. The van der Waals surface area contributed by atoms with Gasteiger partial charge in [-0.3, -0.25) is 14.3 Å². The highest BCUT2D eigenvalue weighted by molar-refractivity contribution is 7.20. The number of hydrogen-bond acceptors (Lipinski definition) is 6. The van der Waals surface area contributed by atoms with Crippen molar-refractivity contribution in [2.24, 2.45) is 7.05 Å². The zero-order valence-corrected chi connectivity index (χ0v) is 18.7. The largest absolute Gasteiger partial charge is 0.493 e. The minimum absolute atomic E-state index is 0.174. The summed E-state index contributed by atoms with van der Waals surface area (Å²) in [5.74, 6) is 0.498. The van der Waals surface area contributed by atoms with E-state index in [-0.39, 0.29) is 18.4 Å². The quantitative estimate of drug-likeness (QED) is 0.440. The Morgan fingerprint density at radius 1 is 1.03 bits per heavy atom. The first-order valence-corrected chi connectivity index (χ1v) is 10.7. The van der Waals surface area contributed by atoms with Crippen molar-refractivity contribution < 1.29 is 19.1 Å². The SMILES string of the molecule is COc1ccccc1OCC(=O)Nc1cccc(NC(=O)c2cc3c(C)nn(C)c3s2)c1. The fraction of sp³-hybridized carbons (Fsp3) is 0.174. The predicted octanol–water partition coefficient (Wildman–Crippen LogP) is 4.22. The molecule has 32 heavy (non-hydrogen) atoms. The summed E-state index contributed by atoms with van der Waals surface area (Å²) in [5, 5.41) is 11.0. The monoisotopic (exact) mass is 450 g/mol. The normalized spacial score (nSPS) is 10.7. The molecular formula is C23H22N4O4S. The lowest BCUT2D eigenvalue weighted by Gasteiger charge is -2.11. The maximum absolute atomic E-state index is 12.7. The number of hydrogen-bond donors (Lipinski definition) is 2. The molecule has 164 valence electrons. The van der Waals surface area contributed by atoms with Gasteiger partial charge < -0.3 is 20.1 Å². The second-order valence-electron chi connectivity index (χ2n) is 7.06. The van der Waals surface area contributed by atoms with Gasteiger partial charge in [0.1, 0.15) is 4.83 Å². The number of ether oxygens (including phenoxy) is 2. The van der Waals surface area contributed by atoms with Crippen LogP contribution in [0.2, 0.25) is 0 Å². The van der Waals surface area contributed by atoms with Crippen LogP contribution >= 0.6 is 11.3 Å². The number of thiophene rings is 1. The predicted molar refractivity (Wildman–Crippen MR) is 125 cm³/mol. The van der Waals surface area contributed by atoms with E-state index in [0.717, 1.165) is 15.9 Å². The first-order chi connectivity index (χ1) is 15.4. The van der Waals surface area contributed by atoms with E-state index in [4.69, 9.17) is 9.47 Å². The van der Waals surface area contributed by atoms with Gasteiger partial charge in [0, 0.05) is 23.8 Å². The van der Waals surface area contributed by atoms with Crippen molar-refractivity contribution in [2.45, 2.75) is 6.92 Å². The molecule has 0 fully saturated rings. The summed E-state index contributed by atoms with van der Waals surface area (Å²) in [4.78, 5) is 26.6. The molecule has 2 heterocycles. The summed E-state index contributed by atoms with van der Waals surface area (Å²) < 4.78 is 12.5. The molecule has 0 aliphatic carbocycles. The number of nitrogens with one attached hydrogen (secondary N) is 2. The van der Waals surface area contributed by atoms with E-state index in [0.29, 0.717) is 27.8 Å². The number of rotatable bonds is 7. The van der Waals surface area contributed by atoms with Crippen LogP contribution in [-0.2, 0) is 11.8 Å². The summed E-state index contributed by atoms with van der Waals surface area (Å²) in [6.45, 7) is 1.74. The van der Waals surface area contributed by atoms with Crippen molar-refractivity contribution >= 4 is 44.7 Å². The summed E-state index contributed by atoms with van der Waals surface area (Å²) in [7, 11) is 3.40. The van der Waals surface area contributed by atoms with Gasteiger partial charge in [0.25, 0.3) is 11.8 Å². The second-order valence-corrected chi connectivity index (χ2v) is 8.09. The number of fused-ring (bicyclic) bond motifs is 1. The fourth-order valence-corrected chi connectivity index (χ4v) is 4.28. The molecule has 2 amide bonds. The number of carbonyl (C=O) groups is 2. The third-order valence-corrected chi connectivity index (χ3v) is 5.95. The number of anilines is 2. The second kappa shape index (κ2) is 9.11. The topological polar surface area (TPSA) is 94.5 Å². The number of carbonyl (C=O) groups excluding carboxylic acids is 2. The highest BCUT2D eigenvalue weighted by Crippen LogP contribution is 2.29. The molecule has 0 saturated heterocycles.